The van der Waals surface area contributed by atoms with E-state index in [0.717, 1.165) is 36.4 Å². The van der Waals surface area contributed by atoms with Crippen LogP contribution < -0.4 is 0 Å². The van der Waals surface area contributed by atoms with Crippen LogP contribution in [0.25, 0.3) is 11.0 Å². The second-order valence-electron chi connectivity index (χ2n) is 7.29. The second kappa shape index (κ2) is 8.78. The van der Waals surface area contributed by atoms with Crippen molar-refractivity contribution in [2.75, 3.05) is 6.54 Å². The lowest BCUT2D eigenvalue weighted by Crippen LogP contribution is -2.36. The molecule has 0 bridgehead atoms. The fourth-order valence-corrected chi connectivity index (χ4v) is 3.62. The fraction of sp³-hybridized carbons (Fsp3) is 0.250. The predicted octanol–water partition coefficient (Wildman–Crippen LogP) is 4.67. The zero-order valence-electron chi connectivity index (χ0n) is 16.6. The van der Waals surface area contributed by atoms with E-state index in [-0.39, 0.29) is 5.91 Å². The number of aryl methyl sites for hydroxylation is 2. The minimum absolute atomic E-state index is 0.226. The Morgan fingerprint density at radius 2 is 2.00 bits per heavy atom. The molecule has 4 aromatic rings. The van der Waals surface area contributed by atoms with Crippen LogP contribution in [0.5, 0.6) is 0 Å². The number of amides is 1. The number of hydrogen-bond donors (Lipinski definition) is 1. The molecule has 0 aliphatic carbocycles. The zero-order valence-corrected chi connectivity index (χ0v) is 16.6. The first-order chi connectivity index (χ1) is 14.2. The number of carbonyl (C=O) groups is 1. The summed E-state index contributed by atoms with van der Waals surface area (Å²) in [7, 11) is 0. The van der Waals surface area contributed by atoms with Gasteiger partial charge in [-0.2, -0.15) is 0 Å². The Morgan fingerprint density at radius 3 is 2.83 bits per heavy atom. The van der Waals surface area contributed by atoms with Crippen molar-refractivity contribution in [3.05, 3.63) is 89.7 Å². The number of H-pyrrole nitrogens is 1. The fourth-order valence-electron chi connectivity index (χ4n) is 3.62. The third-order valence-corrected chi connectivity index (χ3v) is 5.27. The van der Waals surface area contributed by atoms with Gasteiger partial charge in [-0.25, -0.2) is 4.98 Å². The molecule has 148 valence electrons. The summed E-state index contributed by atoms with van der Waals surface area (Å²) in [5, 5.41) is 1.18. The first kappa shape index (κ1) is 19.0. The van der Waals surface area contributed by atoms with E-state index < -0.39 is 0 Å². The number of rotatable bonds is 3. The molecule has 0 atom stereocenters. The predicted molar refractivity (Wildman–Crippen MR) is 113 cm³/mol. The van der Waals surface area contributed by atoms with Crippen molar-refractivity contribution in [2.24, 2.45) is 0 Å². The number of imidazole rings is 1. The molecule has 29 heavy (non-hydrogen) atoms. The number of fused-ring (bicyclic) bond motifs is 2. The maximum absolute atomic E-state index is 12.2. The zero-order chi connectivity index (χ0) is 20.1. The molecule has 1 aliphatic heterocycles. The molecule has 5 heteroatoms. The molecule has 2 aromatic carbocycles. The molecule has 0 saturated carbocycles. The van der Waals surface area contributed by atoms with E-state index >= 15 is 0 Å². The highest BCUT2D eigenvalue weighted by atomic mass is 16.3. The molecular weight excluding hydrogens is 362 g/mol. The van der Waals surface area contributed by atoms with Crippen molar-refractivity contribution in [3.8, 4) is 0 Å². The molecular formula is C24H25N3O2. The second-order valence-corrected chi connectivity index (χ2v) is 7.29. The number of nitrogens with zero attached hydrogens (tertiary/aromatic N) is 2. The number of para-hydroxylation sites is 1. The number of aromatic nitrogens is 2. The van der Waals surface area contributed by atoms with Crippen LogP contribution in [0, 0.1) is 6.92 Å². The minimum Gasteiger partial charge on any atom is -0.464 e. The molecule has 3 heterocycles. The van der Waals surface area contributed by atoms with Crippen LogP contribution in [0.3, 0.4) is 0 Å². The molecule has 0 unspecified atom stereocenters. The lowest BCUT2D eigenvalue weighted by Gasteiger charge is -2.26. The van der Waals surface area contributed by atoms with E-state index in [1.54, 1.807) is 12.6 Å². The van der Waals surface area contributed by atoms with Crippen molar-refractivity contribution in [1.82, 2.24) is 14.9 Å². The Kier molecular flexibility index (Phi) is 5.75. The molecule has 2 aromatic heterocycles. The monoisotopic (exact) mass is 387 g/mol. The van der Waals surface area contributed by atoms with Gasteiger partial charge in [0.25, 0.3) is 0 Å². The number of carbonyl (C=O) groups excluding carboxylic acids is 1. The maximum Gasteiger partial charge on any atom is 0.223 e. The quantitative estimate of drug-likeness (QED) is 0.556. The highest BCUT2D eigenvalue weighted by molar-refractivity contribution is 5.79. The third kappa shape index (κ3) is 4.57. The van der Waals surface area contributed by atoms with E-state index in [4.69, 9.17) is 4.42 Å². The van der Waals surface area contributed by atoms with E-state index in [1.807, 2.05) is 54.3 Å². The first-order valence-corrected chi connectivity index (χ1v) is 9.96. The molecule has 5 rings (SSSR count). The molecule has 0 saturated heterocycles. The van der Waals surface area contributed by atoms with Gasteiger partial charge in [0.05, 0.1) is 30.5 Å². The van der Waals surface area contributed by atoms with Gasteiger partial charge in [0, 0.05) is 24.8 Å². The molecule has 0 radical (unpaired) electrons. The Labute approximate surface area is 170 Å². The van der Waals surface area contributed by atoms with Gasteiger partial charge in [-0.05, 0) is 30.5 Å². The van der Waals surface area contributed by atoms with Gasteiger partial charge < -0.3 is 14.3 Å². The van der Waals surface area contributed by atoms with Crippen molar-refractivity contribution in [3.63, 3.8) is 0 Å². The standard InChI is InChI=1S/C15H17N3O.C9H8O/c19-15(7-6-12-4-2-1-3-5-12)18-9-8-13-14(10-18)17-11-16-13;1-7-3-2-4-8-5-6-10-9(7)8/h1-5,11H,6-10H2,(H,16,17);2-6H,1H3. The van der Waals surface area contributed by atoms with Crippen molar-refractivity contribution >= 4 is 16.9 Å². The normalized spacial score (nSPS) is 12.9. The first-order valence-electron chi connectivity index (χ1n) is 9.96. The van der Waals surface area contributed by atoms with Gasteiger partial charge in [0.15, 0.2) is 0 Å². The molecule has 1 N–H and O–H groups in total. The van der Waals surface area contributed by atoms with Gasteiger partial charge in [-0.3, -0.25) is 4.79 Å². The largest absolute Gasteiger partial charge is 0.464 e. The Balaban J connectivity index is 0.000000171. The van der Waals surface area contributed by atoms with E-state index in [1.165, 1.54) is 16.5 Å². The lowest BCUT2D eigenvalue weighted by atomic mass is 10.1. The topological polar surface area (TPSA) is 62.1 Å². The lowest BCUT2D eigenvalue weighted by molar-refractivity contribution is -0.132. The van der Waals surface area contributed by atoms with Gasteiger partial charge in [-0.1, -0.05) is 48.5 Å². The van der Waals surface area contributed by atoms with Crippen LogP contribution in [0.1, 0.15) is 28.9 Å². The summed E-state index contributed by atoms with van der Waals surface area (Å²) in [6.07, 6.45) is 5.68. The summed E-state index contributed by atoms with van der Waals surface area (Å²) in [4.78, 5) is 21.5. The summed E-state index contributed by atoms with van der Waals surface area (Å²) < 4.78 is 5.25. The average molecular weight is 387 g/mol. The summed E-state index contributed by atoms with van der Waals surface area (Å²) in [6.45, 7) is 3.50. The van der Waals surface area contributed by atoms with Crippen molar-refractivity contribution in [1.29, 1.82) is 0 Å². The SMILES string of the molecule is Cc1cccc2ccoc12.O=C(CCc1ccccc1)N1CCc2nc[nH]c2C1. The van der Waals surface area contributed by atoms with Gasteiger partial charge in [0.1, 0.15) is 5.58 Å². The molecule has 0 fully saturated rings. The van der Waals surface area contributed by atoms with Crippen LogP contribution in [0.4, 0.5) is 0 Å². The summed E-state index contributed by atoms with van der Waals surface area (Å²) in [5.74, 6) is 0.226. The summed E-state index contributed by atoms with van der Waals surface area (Å²) in [5.41, 5.74) is 5.60. The molecule has 0 spiro atoms. The van der Waals surface area contributed by atoms with Gasteiger partial charge >= 0.3 is 0 Å². The van der Waals surface area contributed by atoms with E-state index in [0.29, 0.717) is 13.0 Å². The van der Waals surface area contributed by atoms with Crippen molar-refractivity contribution < 1.29 is 9.21 Å². The van der Waals surface area contributed by atoms with Crippen LogP contribution in [-0.4, -0.2) is 27.3 Å². The Bertz CT molecular complexity index is 1080. The van der Waals surface area contributed by atoms with Gasteiger partial charge in [-0.15, -0.1) is 0 Å². The van der Waals surface area contributed by atoms with Crippen LogP contribution in [0.15, 0.2) is 71.6 Å². The number of furan rings is 1. The summed E-state index contributed by atoms with van der Waals surface area (Å²) in [6, 6.07) is 18.3. The number of hydrogen-bond acceptors (Lipinski definition) is 3. The number of nitrogens with one attached hydrogen (secondary N) is 1. The van der Waals surface area contributed by atoms with Crippen LogP contribution in [-0.2, 0) is 24.2 Å². The average Bonchev–Trinajstić information content (AvgIpc) is 3.42. The molecule has 5 nitrogen and oxygen atoms in total. The molecule has 1 aliphatic rings. The number of benzene rings is 2. The smallest absolute Gasteiger partial charge is 0.223 e. The Morgan fingerprint density at radius 1 is 1.14 bits per heavy atom. The third-order valence-electron chi connectivity index (χ3n) is 5.27. The minimum atomic E-state index is 0.226. The highest BCUT2D eigenvalue weighted by Gasteiger charge is 2.21. The maximum atomic E-state index is 12.2. The summed E-state index contributed by atoms with van der Waals surface area (Å²) >= 11 is 0. The van der Waals surface area contributed by atoms with Crippen LogP contribution in [0.2, 0.25) is 0 Å². The van der Waals surface area contributed by atoms with E-state index in [9.17, 15) is 4.79 Å². The molecule has 1 amide bonds. The van der Waals surface area contributed by atoms with E-state index in [2.05, 4.69) is 22.1 Å². The van der Waals surface area contributed by atoms with Gasteiger partial charge in [0.2, 0.25) is 5.91 Å². The highest BCUT2D eigenvalue weighted by Crippen LogP contribution is 2.18. The van der Waals surface area contributed by atoms with Crippen molar-refractivity contribution in [2.45, 2.75) is 32.7 Å². The van der Waals surface area contributed by atoms with Crippen LogP contribution >= 0.6 is 0 Å². The number of aromatic amines is 1. The Hall–Kier alpha value is -3.34.